The van der Waals surface area contributed by atoms with Crippen molar-refractivity contribution in [2.75, 3.05) is 0 Å². The fourth-order valence-corrected chi connectivity index (χ4v) is 3.03. The minimum Gasteiger partial charge on any atom is -0.344 e. The first kappa shape index (κ1) is 18.5. The zero-order chi connectivity index (χ0) is 20.2. The van der Waals surface area contributed by atoms with Crippen LogP contribution in [0, 0.1) is 6.92 Å². The molecule has 0 fully saturated rings. The van der Waals surface area contributed by atoms with Crippen molar-refractivity contribution in [3.8, 4) is 22.6 Å². The number of benzene rings is 1. The molecule has 2 amide bonds. The average Bonchev–Trinajstić information content (AvgIpc) is 3.18. The molecule has 8 nitrogen and oxygen atoms in total. The largest absolute Gasteiger partial charge is 0.344 e. The number of aromatic amines is 1. The number of amides is 2. The van der Waals surface area contributed by atoms with Gasteiger partial charge in [-0.15, -0.1) is 0 Å². The number of nitrogens with one attached hydrogen (secondary N) is 3. The molecule has 0 aliphatic carbocycles. The monoisotopic (exact) mass is 388 g/mol. The van der Waals surface area contributed by atoms with E-state index in [0.717, 1.165) is 28.2 Å². The fourth-order valence-electron chi connectivity index (χ4n) is 3.03. The molecule has 0 unspecified atom stereocenters. The zero-order valence-electron chi connectivity index (χ0n) is 15.9. The van der Waals surface area contributed by atoms with Crippen LogP contribution in [0.15, 0.2) is 53.8 Å². The SMILES string of the molecule is Cc1ccc(-c2nc(CNC(=O)C3=NNC(=O)CC3)[nH]c2-c2ccccn2)cc1. The molecule has 0 spiro atoms. The van der Waals surface area contributed by atoms with Gasteiger partial charge in [-0.3, -0.25) is 14.6 Å². The van der Waals surface area contributed by atoms with Crippen molar-refractivity contribution in [1.29, 1.82) is 0 Å². The Morgan fingerprint density at radius 1 is 1.14 bits per heavy atom. The molecule has 0 saturated heterocycles. The molecule has 8 heteroatoms. The van der Waals surface area contributed by atoms with Gasteiger partial charge < -0.3 is 10.3 Å². The number of hydrazone groups is 1. The lowest BCUT2D eigenvalue weighted by atomic mass is 10.1. The zero-order valence-corrected chi connectivity index (χ0v) is 15.9. The molecule has 1 aromatic carbocycles. The summed E-state index contributed by atoms with van der Waals surface area (Å²) >= 11 is 0. The number of hydrogen-bond acceptors (Lipinski definition) is 5. The van der Waals surface area contributed by atoms with Gasteiger partial charge in [0, 0.05) is 24.6 Å². The first-order chi connectivity index (χ1) is 14.1. The van der Waals surface area contributed by atoms with Gasteiger partial charge in [0.15, 0.2) is 0 Å². The minimum absolute atomic E-state index is 0.185. The van der Waals surface area contributed by atoms with Crippen molar-refractivity contribution in [1.82, 2.24) is 25.7 Å². The summed E-state index contributed by atoms with van der Waals surface area (Å²) in [7, 11) is 0. The first-order valence-electron chi connectivity index (χ1n) is 9.31. The molecular weight excluding hydrogens is 368 g/mol. The van der Waals surface area contributed by atoms with E-state index in [2.05, 4.69) is 25.8 Å². The number of pyridine rings is 1. The molecule has 0 saturated carbocycles. The maximum absolute atomic E-state index is 12.3. The number of carbonyl (C=O) groups is 2. The molecule has 2 aromatic heterocycles. The second-order valence-electron chi connectivity index (χ2n) is 6.76. The van der Waals surface area contributed by atoms with Crippen molar-refractivity contribution < 1.29 is 9.59 Å². The van der Waals surface area contributed by atoms with E-state index in [1.807, 2.05) is 49.4 Å². The third-order valence-electron chi connectivity index (χ3n) is 4.58. The molecule has 4 rings (SSSR count). The van der Waals surface area contributed by atoms with Crippen LogP contribution in [0.3, 0.4) is 0 Å². The number of H-pyrrole nitrogens is 1. The van der Waals surface area contributed by atoms with Gasteiger partial charge in [-0.25, -0.2) is 10.4 Å². The number of aryl methyl sites for hydroxylation is 1. The second kappa shape index (κ2) is 8.05. The van der Waals surface area contributed by atoms with Crippen LogP contribution in [0.25, 0.3) is 22.6 Å². The standard InChI is InChI=1S/C21H20N6O2/c1-13-5-7-14(8-6-13)19-20(15-4-2-3-11-22-15)25-17(24-19)12-23-21(29)16-9-10-18(28)27-26-16/h2-8,11H,9-10,12H2,1H3,(H,23,29)(H,24,25)(H,27,28). The maximum atomic E-state index is 12.3. The fraction of sp³-hybridized carbons (Fsp3) is 0.190. The molecule has 29 heavy (non-hydrogen) atoms. The van der Waals surface area contributed by atoms with E-state index in [-0.39, 0.29) is 24.8 Å². The highest BCUT2D eigenvalue weighted by atomic mass is 16.2. The van der Waals surface area contributed by atoms with E-state index in [9.17, 15) is 9.59 Å². The number of rotatable bonds is 5. The van der Waals surface area contributed by atoms with Crippen LogP contribution in [0.5, 0.6) is 0 Å². The van der Waals surface area contributed by atoms with Gasteiger partial charge in [-0.1, -0.05) is 35.9 Å². The minimum atomic E-state index is -0.322. The highest BCUT2D eigenvalue weighted by Crippen LogP contribution is 2.29. The van der Waals surface area contributed by atoms with Crippen molar-refractivity contribution in [2.45, 2.75) is 26.3 Å². The Kier molecular flexibility index (Phi) is 5.15. The van der Waals surface area contributed by atoms with Crippen molar-refractivity contribution >= 4 is 17.5 Å². The van der Waals surface area contributed by atoms with E-state index in [1.165, 1.54) is 0 Å². The van der Waals surface area contributed by atoms with Crippen LogP contribution in [0.1, 0.15) is 24.2 Å². The lowest BCUT2D eigenvalue weighted by molar-refractivity contribution is -0.121. The smallest absolute Gasteiger partial charge is 0.267 e. The Labute approximate surface area is 167 Å². The second-order valence-corrected chi connectivity index (χ2v) is 6.76. The lowest BCUT2D eigenvalue weighted by Crippen LogP contribution is -2.36. The maximum Gasteiger partial charge on any atom is 0.267 e. The number of aromatic nitrogens is 3. The molecule has 146 valence electrons. The summed E-state index contributed by atoms with van der Waals surface area (Å²) in [4.78, 5) is 35.9. The van der Waals surface area contributed by atoms with Crippen LogP contribution in [-0.4, -0.2) is 32.5 Å². The third-order valence-corrected chi connectivity index (χ3v) is 4.58. The first-order valence-corrected chi connectivity index (χ1v) is 9.31. The molecule has 1 aliphatic heterocycles. The molecule has 0 atom stereocenters. The van der Waals surface area contributed by atoms with E-state index in [1.54, 1.807) is 6.20 Å². The summed E-state index contributed by atoms with van der Waals surface area (Å²) in [6.07, 6.45) is 2.31. The summed E-state index contributed by atoms with van der Waals surface area (Å²) in [5.41, 5.74) is 7.10. The molecule has 3 N–H and O–H groups in total. The summed E-state index contributed by atoms with van der Waals surface area (Å²) in [6, 6.07) is 13.8. The molecule has 0 radical (unpaired) electrons. The van der Waals surface area contributed by atoms with Crippen LogP contribution < -0.4 is 10.7 Å². The predicted molar refractivity (Wildman–Crippen MR) is 109 cm³/mol. The van der Waals surface area contributed by atoms with Gasteiger partial charge in [0.05, 0.1) is 23.6 Å². The summed E-state index contributed by atoms with van der Waals surface area (Å²) < 4.78 is 0. The normalized spacial score (nSPS) is 13.6. The van der Waals surface area contributed by atoms with Crippen molar-refractivity contribution in [3.05, 3.63) is 60.0 Å². The third kappa shape index (κ3) is 4.21. The van der Waals surface area contributed by atoms with Crippen LogP contribution >= 0.6 is 0 Å². The number of hydrogen-bond donors (Lipinski definition) is 3. The average molecular weight is 388 g/mol. The number of nitrogens with zero attached hydrogens (tertiary/aromatic N) is 3. The molecule has 3 heterocycles. The predicted octanol–water partition coefficient (Wildman–Crippen LogP) is 2.33. The van der Waals surface area contributed by atoms with Gasteiger partial charge in [-0.05, 0) is 19.1 Å². The van der Waals surface area contributed by atoms with E-state index in [0.29, 0.717) is 18.0 Å². The van der Waals surface area contributed by atoms with E-state index < -0.39 is 0 Å². The van der Waals surface area contributed by atoms with E-state index >= 15 is 0 Å². The van der Waals surface area contributed by atoms with E-state index in [4.69, 9.17) is 4.98 Å². The Balaban J connectivity index is 1.59. The Morgan fingerprint density at radius 3 is 2.66 bits per heavy atom. The van der Waals surface area contributed by atoms with Gasteiger partial charge in [0.2, 0.25) is 5.91 Å². The Morgan fingerprint density at radius 2 is 1.97 bits per heavy atom. The molecule has 3 aromatic rings. The quantitative estimate of drug-likeness (QED) is 0.623. The lowest BCUT2D eigenvalue weighted by Gasteiger charge is -2.11. The molecule has 1 aliphatic rings. The van der Waals surface area contributed by atoms with Crippen LogP contribution in [0.4, 0.5) is 0 Å². The summed E-state index contributed by atoms with van der Waals surface area (Å²) in [6.45, 7) is 2.24. The Bertz CT molecular complexity index is 1070. The van der Waals surface area contributed by atoms with Gasteiger partial charge in [-0.2, -0.15) is 5.10 Å². The van der Waals surface area contributed by atoms with Crippen LogP contribution in [0.2, 0.25) is 0 Å². The van der Waals surface area contributed by atoms with Crippen LogP contribution in [-0.2, 0) is 16.1 Å². The number of imidazole rings is 1. The van der Waals surface area contributed by atoms with Crippen molar-refractivity contribution in [2.24, 2.45) is 5.10 Å². The van der Waals surface area contributed by atoms with Gasteiger partial charge in [0.25, 0.3) is 5.91 Å². The highest BCUT2D eigenvalue weighted by molar-refractivity contribution is 6.39. The van der Waals surface area contributed by atoms with Gasteiger partial charge in [0.1, 0.15) is 11.5 Å². The summed E-state index contributed by atoms with van der Waals surface area (Å²) in [5.74, 6) is 0.100. The topological polar surface area (TPSA) is 112 Å². The summed E-state index contributed by atoms with van der Waals surface area (Å²) in [5, 5.41) is 6.61. The van der Waals surface area contributed by atoms with Gasteiger partial charge >= 0.3 is 0 Å². The highest BCUT2D eigenvalue weighted by Gasteiger charge is 2.19. The van der Waals surface area contributed by atoms with Crippen molar-refractivity contribution in [3.63, 3.8) is 0 Å². The number of carbonyl (C=O) groups excluding carboxylic acids is 2. The Hall–Kier alpha value is -3.81. The molecular formula is C21H20N6O2. The molecule has 0 bridgehead atoms.